The van der Waals surface area contributed by atoms with Gasteiger partial charge < -0.3 is 4.74 Å². The van der Waals surface area contributed by atoms with Crippen LogP contribution < -0.4 is 0 Å². The van der Waals surface area contributed by atoms with Gasteiger partial charge in [0.25, 0.3) is 0 Å². The summed E-state index contributed by atoms with van der Waals surface area (Å²) in [5.41, 5.74) is 2.88. The van der Waals surface area contributed by atoms with E-state index in [0.29, 0.717) is 12.5 Å². The van der Waals surface area contributed by atoms with Gasteiger partial charge in [0.05, 0.1) is 12.5 Å². The first-order chi connectivity index (χ1) is 12.2. The number of piperidine rings is 1. The Balaban J connectivity index is 1.55. The molecule has 0 aromatic heterocycles. The number of carbonyl (C=O) groups is 1. The van der Waals surface area contributed by atoms with Crippen LogP contribution in [0, 0.1) is 6.92 Å². The first-order valence-corrected chi connectivity index (χ1v) is 9.24. The molecule has 0 saturated carbocycles. The summed E-state index contributed by atoms with van der Waals surface area (Å²) in [5.74, 6) is -0.127. The maximum absolute atomic E-state index is 12.7. The van der Waals surface area contributed by atoms with Crippen LogP contribution in [0.25, 0.3) is 0 Å². The molecule has 0 unspecified atom stereocenters. The maximum atomic E-state index is 12.7. The summed E-state index contributed by atoms with van der Waals surface area (Å²) in [6.45, 7) is 3.99. The number of hydrogen-bond donors (Lipinski definition) is 0. The van der Waals surface area contributed by atoms with Gasteiger partial charge >= 0.3 is 5.97 Å². The van der Waals surface area contributed by atoms with E-state index in [1.54, 1.807) is 0 Å². The molecule has 0 aliphatic carbocycles. The van der Waals surface area contributed by atoms with Gasteiger partial charge in [0.1, 0.15) is 0 Å². The molecule has 0 spiro atoms. The molecule has 2 saturated heterocycles. The average molecular weight is 335 g/mol. The molecule has 25 heavy (non-hydrogen) atoms. The van der Waals surface area contributed by atoms with Gasteiger partial charge in [-0.3, -0.25) is 9.69 Å². The molecule has 0 N–H and O–H groups in total. The highest BCUT2D eigenvalue weighted by Gasteiger charge is 2.57. The van der Waals surface area contributed by atoms with Crippen molar-refractivity contribution in [2.75, 3.05) is 13.1 Å². The highest BCUT2D eigenvalue weighted by Crippen LogP contribution is 2.46. The standard InChI is InChI=1S/C22H25NO2/c1-17-10-12-18(13-11-17)15-21(24)25-22(19-7-3-2-4-8-19)16-23-14-6-5-9-20(22)23/h2-4,7-8,10-13,20H,5-6,9,14-16H2,1H3/t20-,22+/m1/s1. The molecule has 2 fully saturated rings. The molecule has 2 aliphatic rings. The fourth-order valence-electron chi connectivity index (χ4n) is 4.28. The lowest BCUT2D eigenvalue weighted by atomic mass is 9.73. The molecule has 4 rings (SSSR count). The van der Waals surface area contributed by atoms with Gasteiger partial charge in [-0.2, -0.15) is 0 Å². The molecule has 2 aromatic rings. The minimum atomic E-state index is -0.469. The second-order valence-corrected chi connectivity index (χ2v) is 7.37. The average Bonchev–Trinajstić information content (AvgIpc) is 2.62. The first kappa shape index (κ1) is 16.3. The van der Waals surface area contributed by atoms with Crippen molar-refractivity contribution in [3.8, 4) is 0 Å². The van der Waals surface area contributed by atoms with E-state index in [2.05, 4.69) is 24.0 Å². The number of carbonyl (C=O) groups excluding carboxylic acids is 1. The minimum absolute atomic E-state index is 0.127. The normalized spacial score (nSPS) is 25.7. The Bertz CT molecular complexity index is 740. The van der Waals surface area contributed by atoms with E-state index in [0.717, 1.165) is 30.6 Å². The summed E-state index contributed by atoms with van der Waals surface area (Å²) in [5, 5.41) is 0. The lowest BCUT2D eigenvalue weighted by molar-refractivity contribution is -0.210. The van der Waals surface area contributed by atoms with Crippen LogP contribution in [0.3, 0.4) is 0 Å². The van der Waals surface area contributed by atoms with Gasteiger partial charge in [0.15, 0.2) is 5.60 Å². The number of aryl methyl sites for hydroxylation is 1. The highest BCUT2D eigenvalue weighted by molar-refractivity contribution is 5.73. The molecular weight excluding hydrogens is 310 g/mol. The molecule has 0 radical (unpaired) electrons. The summed E-state index contributed by atoms with van der Waals surface area (Å²) < 4.78 is 6.18. The number of benzene rings is 2. The summed E-state index contributed by atoms with van der Waals surface area (Å²) in [6, 6.07) is 18.7. The highest BCUT2D eigenvalue weighted by atomic mass is 16.6. The molecule has 2 heterocycles. The van der Waals surface area contributed by atoms with E-state index in [-0.39, 0.29) is 5.97 Å². The minimum Gasteiger partial charge on any atom is -0.451 e. The zero-order chi connectivity index (χ0) is 17.3. The fourth-order valence-corrected chi connectivity index (χ4v) is 4.28. The second kappa shape index (κ2) is 6.64. The summed E-state index contributed by atoms with van der Waals surface area (Å²) in [7, 11) is 0. The fraction of sp³-hybridized carbons (Fsp3) is 0.409. The van der Waals surface area contributed by atoms with Gasteiger partial charge in [-0.1, -0.05) is 66.6 Å². The van der Waals surface area contributed by atoms with Crippen molar-refractivity contribution >= 4 is 5.97 Å². The third kappa shape index (κ3) is 3.09. The SMILES string of the molecule is Cc1ccc(CC(=O)O[C@]2(c3ccccc3)CN3CCCC[C@@H]32)cc1. The Morgan fingerprint density at radius 3 is 2.60 bits per heavy atom. The Morgan fingerprint density at radius 1 is 1.12 bits per heavy atom. The van der Waals surface area contributed by atoms with E-state index >= 15 is 0 Å². The Kier molecular flexibility index (Phi) is 4.34. The van der Waals surface area contributed by atoms with Crippen molar-refractivity contribution in [2.24, 2.45) is 0 Å². The van der Waals surface area contributed by atoms with Crippen molar-refractivity contribution in [3.05, 3.63) is 71.3 Å². The number of rotatable bonds is 4. The second-order valence-electron chi connectivity index (χ2n) is 7.37. The smallest absolute Gasteiger partial charge is 0.311 e. The zero-order valence-electron chi connectivity index (χ0n) is 14.8. The topological polar surface area (TPSA) is 29.5 Å². The van der Waals surface area contributed by atoms with Crippen molar-refractivity contribution in [1.29, 1.82) is 0 Å². The summed E-state index contributed by atoms with van der Waals surface area (Å²) >= 11 is 0. The summed E-state index contributed by atoms with van der Waals surface area (Å²) in [4.78, 5) is 15.2. The van der Waals surface area contributed by atoms with Crippen LogP contribution in [0.4, 0.5) is 0 Å². The number of esters is 1. The van der Waals surface area contributed by atoms with E-state index in [1.165, 1.54) is 18.4 Å². The lowest BCUT2D eigenvalue weighted by Gasteiger charge is -2.58. The third-order valence-electron chi connectivity index (χ3n) is 5.62. The molecule has 2 atom stereocenters. The van der Waals surface area contributed by atoms with Gasteiger partial charge in [0.2, 0.25) is 0 Å². The lowest BCUT2D eigenvalue weighted by Crippen LogP contribution is -2.70. The van der Waals surface area contributed by atoms with Gasteiger partial charge in [-0.05, 0) is 37.4 Å². The molecule has 2 aromatic carbocycles. The van der Waals surface area contributed by atoms with E-state index in [9.17, 15) is 4.79 Å². The molecule has 130 valence electrons. The molecule has 3 heteroatoms. The van der Waals surface area contributed by atoms with Crippen molar-refractivity contribution in [1.82, 2.24) is 4.90 Å². The van der Waals surface area contributed by atoms with Crippen LogP contribution >= 0.6 is 0 Å². The van der Waals surface area contributed by atoms with Crippen LogP contribution in [-0.2, 0) is 21.6 Å². The van der Waals surface area contributed by atoms with Crippen molar-refractivity contribution in [2.45, 2.75) is 44.2 Å². The predicted octanol–water partition coefficient (Wildman–Crippen LogP) is 3.84. The Hall–Kier alpha value is -2.13. The number of hydrogen-bond acceptors (Lipinski definition) is 3. The van der Waals surface area contributed by atoms with Crippen LogP contribution in [0.15, 0.2) is 54.6 Å². The Labute approximate surface area is 149 Å². The van der Waals surface area contributed by atoms with Gasteiger partial charge in [-0.15, -0.1) is 0 Å². The van der Waals surface area contributed by atoms with Crippen LogP contribution in [0.5, 0.6) is 0 Å². The Morgan fingerprint density at radius 2 is 1.88 bits per heavy atom. The first-order valence-electron chi connectivity index (χ1n) is 9.24. The molecule has 0 amide bonds. The number of ether oxygens (including phenoxy) is 1. The third-order valence-corrected chi connectivity index (χ3v) is 5.62. The van der Waals surface area contributed by atoms with Gasteiger partial charge in [-0.25, -0.2) is 0 Å². The quantitative estimate of drug-likeness (QED) is 0.795. The van der Waals surface area contributed by atoms with Crippen LogP contribution in [0.1, 0.15) is 36.0 Å². The predicted molar refractivity (Wildman–Crippen MR) is 98.3 cm³/mol. The van der Waals surface area contributed by atoms with E-state index in [4.69, 9.17) is 4.74 Å². The molecule has 0 bridgehead atoms. The number of fused-ring (bicyclic) bond motifs is 1. The van der Waals surface area contributed by atoms with Crippen LogP contribution in [-0.4, -0.2) is 30.0 Å². The molecule has 3 nitrogen and oxygen atoms in total. The maximum Gasteiger partial charge on any atom is 0.311 e. The van der Waals surface area contributed by atoms with Crippen molar-refractivity contribution < 1.29 is 9.53 Å². The molecular formula is C22H25NO2. The monoisotopic (exact) mass is 335 g/mol. The van der Waals surface area contributed by atoms with Gasteiger partial charge in [0, 0.05) is 6.54 Å². The zero-order valence-corrected chi connectivity index (χ0v) is 14.8. The number of nitrogens with zero attached hydrogens (tertiary/aromatic N) is 1. The van der Waals surface area contributed by atoms with E-state index in [1.807, 2.05) is 42.5 Å². The van der Waals surface area contributed by atoms with E-state index < -0.39 is 5.60 Å². The summed E-state index contributed by atoms with van der Waals surface area (Å²) in [6.07, 6.45) is 3.90. The van der Waals surface area contributed by atoms with Crippen LogP contribution in [0.2, 0.25) is 0 Å². The largest absolute Gasteiger partial charge is 0.451 e. The molecule has 2 aliphatic heterocycles. The van der Waals surface area contributed by atoms with Crippen molar-refractivity contribution in [3.63, 3.8) is 0 Å².